The second kappa shape index (κ2) is 8.85. The number of carbonyl (C=O) groups excluding carboxylic acids is 2. The van der Waals surface area contributed by atoms with Crippen LogP contribution in [0.5, 0.6) is 0 Å². The summed E-state index contributed by atoms with van der Waals surface area (Å²) in [6, 6.07) is 0. The maximum atomic E-state index is 14.1. The number of allylic oxidation sites excluding steroid dienone is 3. The molecule has 4 aliphatic carbocycles. The molecule has 206 valence electrons. The zero-order valence-electron chi connectivity index (χ0n) is 23.3. The van der Waals surface area contributed by atoms with Gasteiger partial charge in [-0.05, 0) is 72.3 Å². The van der Waals surface area contributed by atoms with Crippen molar-refractivity contribution in [3.8, 4) is 0 Å². The largest absolute Gasteiger partial charge is 0.481 e. The van der Waals surface area contributed by atoms with Gasteiger partial charge in [0.2, 0.25) is 0 Å². The molecule has 0 saturated heterocycles. The van der Waals surface area contributed by atoms with Crippen LogP contribution in [-0.2, 0) is 14.4 Å². The Bertz CT molecular complexity index is 1090. The van der Waals surface area contributed by atoms with Gasteiger partial charge in [-0.25, -0.2) is 0 Å². The van der Waals surface area contributed by atoms with Crippen LogP contribution in [0.4, 0.5) is 0 Å². The summed E-state index contributed by atoms with van der Waals surface area (Å²) in [6.45, 7) is 13.4. The first-order valence-electron chi connectivity index (χ1n) is 13.7. The lowest BCUT2D eigenvalue weighted by molar-refractivity contribution is -0.142. The van der Waals surface area contributed by atoms with E-state index in [9.17, 15) is 29.7 Å². The molecule has 0 spiro atoms. The van der Waals surface area contributed by atoms with E-state index in [4.69, 9.17) is 5.11 Å². The highest BCUT2D eigenvalue weighted by Crippen LogP contribution is 2.71. The van der Waals surface area contributed by atoms with Gasteiger partial charge in [0.05, 0.1) is 24.2 Å². The number of Topliss-reactive ketones (excluding diaryl/α,β-unsaturated/α-hetero) is 1. The summed E-state index contributed by atoms with van der Waals surface area (Å²) >= 11 is 0. The van der Waals surface area contributed by atoms with Crippen molar-refractivity contribution in [2.75, 3.05) is 0 Å². The predicted molar refractivity (Wildman–Crippen MR) is 138 cm³/mol. The van der Waals surface area contributed by atoms with Crippen molar-refractivity contribution in [1.82, 2.24) is 0 Å². The molecular formula is C30H44O7. The quantitative estimate of drug-likeness (QED) is 0.408. The van der Waals surface area contributed by atoms with Crippen LogP contribution in [0, 0.1) is 39.4 Å². The average molecular weight is 517 g/mol. The van der Waals surface area contributed by atoms with Crippen molar-refractivity contribution in [2.24, 2.45) is 39.4 Å². The number of aliphatic carboxylic acids is 1. The molecule has 0 heterocycles. The molecule has 2 saturated carbocycles. The number of carboxylic acids is 1. The van der Waals surface area contributed by atoms with Crippen molar-refractivity contribution in [3.63, 3.8) is 0 Å². The van der Waals surface area contributed by atoms with E-state index in [0.29, 0.717) is 36.8 Å². The molecule has 7 nitrogen and oxygen atoms in total. The van der Waals surface area contributed by atoms with Gasteiger partial charge in [-0.1, -0.05) is 47.1 Å². The van der Waals surface area contributed by atoms with E-state index in [1.807, 2.05) is 34.6 Å². The summed E-state index contributed by atoms with van der Waals surface area (Å²) < 4.78 is 0. The summed E-state index contributed by atoms with van der Waals surface area (Å²) in [5.74, 6) is -2.44. The number of carbonyl (C=O) groups is 3. The SMILES string of the molecule is CC(=CC(=O)CC(C)C(=O)O)[C@H]1C[C@H](O)[C@@]2(C)C3=C(C(=O)C[C@]12C)[C@@]1(C)CC[C@H](O)C(C)(C)C1C[C@@H]3O. The number of ketones is 2. The van der Waals surface area contributed by atoms with E-state index in [0.717, 1.165) is 5.57 Å². The third kappa shape index (κ3) is 3.82. The second-order valence-corrected chi connectivity index (χ2v) is 13.7. The molecule has 4 rings (SSSR count). The molecule has 4 aliphatic rings. The fraction of sp³-hybridized carbons (Fsp3) is 0.767. The van der Waals surface area contributed by atoms with Crippen LogP contribution in [0.3, 0.4) is 0 Å². The molecule has 7 heteroatoms. The smallest absolute Gasteiger partial charge is 0.306 e. The summed E-state index contributed by atoms with van der Waals surface area (Å²) in [4.78, 5) is 37.9. The van der Waals surface area contributed by atoms with Crippen molar-refractivity contribution < 1.29 is 34.8 Å². The first kappa shape index (κ1) is 28.2. The number of aliphatic hydroxyl groups is 3. The van der Waals surface area contributed by atoms with Crippen LogP contribution in [0.1, 0.15) is 87.0 Å². The predicted octanol–water partition coefficient (Wildman–Crippen LogP) is 3.84. The number of fused-ring (bicyclic) bond motifs is 4. The molecule has 4 N–H and O–H groups in total. The maximum Gasteiger partial charge on any atom is 0.306 e. The van der Waals surface area contributed by atoms with Crippen LogP contribution >= 0.6 is 0 Å². The Morgan fingerprint density at radius 2 is 1.68 bits per heavy atom. The Morgan fingerprint density at radius 3 is 2.27 bits per heavy atom. The number of aliphatic hydroxyl groups excluding tert-OH is 3. The Morgan fingerprint density at radius 1 is 1.05 bits per heavy atom. The fourth-order valence-corrected chi connectivity index (χ4v) is 8.96. The minimum absolute atomic E-state index is 0.00820. The van der Waals surface area contributed by atoms with Gasteiger partial charge in [-0.2, -0.15) is 0 Å². The fourth-order valence-electron chi connectivity index (χ4n) is 8.96. The highest BCUT2D eigenvalue weighted by atomic mass is 16.4. The normalized spacial score (nSPS) is 44.1. The number of carboxylic acid groups (broad SMARTS) is 1. The van der Waals surface area contributed by atoms with Crippen LogP contribution in [0.2, 0.25) is 0 Å². The first-order chi connectivity index (χ1) is 16.9. The van der Waals surface area contributed by atoms with Crippen LogP contribution in [0.25, 0.3) is 0 Å². The third-order valence-corrected chi connectivity index (χ3v) is 11.4. The molecule has 0 aromatic rings. The van der Waals surface area contributed by atoms with Gasteiger partial charge in [0, 0.05) is 23.8 Å². The summed E-state index contributed by atoms with van der Waals surface area (Å²) in [6.07, 6.45) is 1.39. The Kier molecular flexibility index (Phi) is 6.74. The molecule has 0 aromatic carbocycles. The van der Waals surface area contributed by atoms with Crippen molar-refractivity contribution in [2.45, 2.75) is 105 Å². The first-order valence-corrected chi connectivity index (χ1v) is 13.7. The van der Waals surface area contributed by atoms with Crippen molar-refractivity contribution in [1.29, 1.82) is 0 Å². The average Bonchev–Trinajstić information content (AvgIpc) is 2.99. The zero-order chi connectivity index (χ0) is 27.9. The molecule has 2 unspecified atom stereocenters. The lowest BCUT2D eigenvalue weighted by Gasteiger charge is -2.62. The monoisotopic (exact) mass is 516 g/mol. The summed E-state index contributed by atoms with van der Waals surface area (Å²) in [5, 5.41) is 43.2. The molecule has 2 fully saturated rings. The number of hydrogen-bond acceptors (Lipinski definition) is 6. The van der Waals surface area contributed by atoms with E-state index >= 15 is 0 Å². The molecule has 0 aromatic heterocycles. The lowest BCUT2D eigenvalue weighted by Crippen LogP contribution is -2.60. The van der Waals surface area contributed by atoms with E-state index in [2.05, 4.69) is 6.92 Å². The zero-order valence-corrected chi connectivity index (χ0v) is 23.3. The van der Waals surface area contributed by atoms with Crippen molar-refractivity contribution >= 4 is 17.5 Å². The van der Waals surface area contributed by atoms with Gasteiger partial charge < -0.3 is 20.4 Å². The van der Waals surface area contributed by atoms with Gasteiger partial charge >= 0.3 is 5.97 Å². The van der Waals surface area contributed by atoms with Crippen LogP contribution in [-0.4, -0.2) is 56.3 Å². The molecule has 0 amide bonds. The van der Waals surface area contributed by atoms with Crippen LogP contribution < -0.4 is 0 Å². The second-order valence-electron chi connectivity index (χ2n) is 13.7. The topological polar surface area (TPSA) is 132 Å². The third-order valence-electron chi connectivity index (χ3n) is 11.4. The molecule has 0 radical (unpaired) electrons. The van der Waals surface area contributed by atoms with E-state index in [1.165, 1.54) is 13.0 Å². The molecular weight excluding hydrogens is 472 g/mol. The van der Waals surface area contributed by atoms with Gasteiger partial charge in [-0.15, -0.1) is 0 Å². The number of rotatable bonds is 5. The minimum atomic E-state index is -1.02. The van der Waals surface area contributed by atoms with E-state index in [1.54, 1.807) is 0 Å². The van der Waals surface area contributed by atoms with Gasteiger partial charge in [0.25, 0.3) is 0 Å². The molecule has 37 heavy (non-hydrogen) atoms. The lowest BCUT2D eigenvalue weighted by atomic mass is 9.42. The van der Waals surface area contributed by atoms with Crippen LogP contribution in [0.15, 0.2) is 22.8 Å². The van der Waals surface area contributed by atoms with Gasteiger partial charge in [0.15, 0.2) is 11.6 Å². The Labute approximate surface area is 220 Å². The van der Waals surface area contributed by atoms with E-state index in [-0.39, 0.29) is 36.2 Å². The maximum absolute atomic E-state index is 14.1. The highest BCUT2D eigenvalue weighted by Gasteiger charge is 2.69. The Hall–Kier alpha value is -1.83. The summed E-state index contributed by atoms with van der Waals surface area (Å²) in [7, 11) is 0. The molecule has 0 bridgehead atoms. The van der Waals surface area contributed by atoms with E-state index < -0.39 is 51.9 Å². The standard InChI is InChI=1S/C30H44O7/c1-15(10-17(31)11-16(2)26(36)37)18-12-23(35)30(7)25-19(32)13-21-27(3,4)22(34)8-9-28(21,5)24(25)20(33)14-29(18,30)6/h10,16,18-19,21-23,32,34-35H,8-9,11-14H2,1-7H3,(H,36,37)/t16?,18-,19+,21?,22+,23+,28+,29-,30+/m1/s1. The van der Waals surface area contributed by atoms with Crippen molar-refractivity contribution in [3.05, 3.63) is 22.8 Å². The molecule has 9 atom stereocenters. The Balaban J connectivity index is 1.79. The van der Waals surface area contributed by atoms with Gasteiger partial charge in [0.1, 0.15) is 0 Å². The summed E-state index contributed by atoms with van der Waals surface area (Å²) in [5.41, 5.74) is -0.477. The molecule has 0 aliphatic heterocycles. The highest BCUT2D eigenvalue weighted by molar-refractivity contribution is 6.00. The van der Waals surface area contributed by atoms with Gasteiger partial charge in [-0.3, -0.25) is 14.4 Å². The number of hydrogen-bond donors (Lipinski definition) is 4. The minimum Gasteiger partial charge on any atom is -0.481 e.